The van der Waals surface area contributed by atoms with Gasteiger partial charge in [-0.15, -0.1) is 0 Å². The number of aryl methyl sites for hydroxylation is 2. The number of aromatic nitrogens is 4. The molecule has 0 radical (unpaired) electrons. The molecule has 0 saturated heterocycles. The van der Waals surface area contributed by atoms with Crippen molar-refractivity contribution >= 4 is 5.82 Å². The van der Waals surface area contributed by atoms with Gasteiger partial charge in [0.15, 0.2) is 11.6 Å². The van der Waals surface area contributed by atoms with Crippen molar-refractivity contribution in [3.63, 3.8) is 0 Å². The van der Waals surface area contributed by atoms with Crippen LogP contribution in [0.15, 0.2) is 12.3 Å². The molecule has 2 aromatic heterocycles. The topological polar surface area (TPSA) is 78.8 Å². The summed E-state index contributed by atoms with van der Waals surface area (Å²) in [4.78, 5) is 7.31. The Kier molecular flexibility index (Phi) is 2.90. The smallest absolute Gasteiger partial charge is 0.318 e. The number of nitrogens with zero attached hydrogens (tertiary/aromatic N) is 4. The van der Waals surface area contributed by atoms with Crippen LogP contribution in [-0.4, -0.2) is 19.7 Å². The van der Waals surface area contributed by atoms with E-state index in [1.165, 1.54) is 0 Å². The van der Waals surface area contributed by atoms with Crippen LogP contribution in [0.5, 0.6) is 6.01 Å². The summed E-state index contributed by atoms with van der Waals surface area (Å²) in [6, 6.07) is 1.92. The van der Waals surface area contributed by atoms with Gasteiger partial charge in [-0.2, -0.15) is 10.1 Å². The Hall–Kier alpha value is -2.18. The van der Waals surface area contributed by atoms with Crippen LogP contribution in [0.2, 0.25) is 0 Å². The molecule has 2 aromatic rings. The van der Waals surface area contributed by atoms with Crippen LogP contribution in [0.1, 0.15) is 11.4 Å². The van der Waals surface area contributed by atoms with Gasteiger partial charge >= 0.3 is 6.01 Å². The van der Waals surface area contributed by atoms with Gasteiger partial charge in [-0.3, -0.25) is 4.68 Å². The molecule has 6 nitrogen and oxygen atoms in total. The van der Waals surface area contributed by atoms with E-state index < -0.39 is 5.82 Å². The molecule has 0 aromatic carbocycles. The van der Waals surface area contributed by atoms with Crippen molar-refractivity contribution in [1.29, 1.82) is 0 Å². The molecular formula is C10H12FN5O. The lowest BCUT2D eigenvalue weighted by molar-refractivity contribution is 0.274. The predicted octanol–water partition coefficient (Wildman–Crippen LogP) is 0.819. The first-order valence-corrected chi connectivity index (χ1v) is 4.96. The number of halogens is 1. The first kappa shape index (κ1) is 11.3. The Balaban J connectivity index is 2.04. The van der Waals surface area contributed by atoms with Crippen molar-refractivity contribution in [2.24, 2.45) is 7.05 Å². The van der Waals surface area contributed by atoms with Crippen LogP contribution in [-0.2, 0) is 13.7 Å². The number of hydrogen-bond acceptors (Lipinski definition) is 5. The van der Waals surface area contributed by atoms with Crippen molar-refractivity contribution in [1.82, 2.24) is 19.7 Å². The molecular weight excluding hydrogens is 225 g/mol. The Morgan fingerprint density at radius 1 is 1.53 bits per heavy atom. The Labute approximate surface area is 97.2 Å². The predicted molar refractivity (Wildman–Crippen MR) is 58.7 cm³/mol. The zero-order chi connectivity index (χ0) is 12.4. The van der Waals surface area contributed by atoms with Gasteiger partial charge in [0.2, 0.25) is 0 Å². The minimum atomic E-state index is -0.661. The molecule has 0 amide bonds. The molecule has 0 fully saturated rings. The first-order chi connectivity index (χ1) is 8.06. The maximum atomic E-state index is 12.8. The van der Waals surface area contributed by atoms with E-state index in [-0.39, 0.29) is 18.4 Å². The van der Waals surface area contributed by atoms with Crippen LogP contribution < -0.4 is 10.5 Å². The van der Waals surface area contributed by atoms with Gasteiger partial charge in [0.05, 0.1) is 6.20 Å². The monoisotopic (exact) mass is 237 g/mol. The molecule has 0 aliphatic carbocycles. The van der Waals surface area contributed by atoms with Crippen LogP contribution in [0.4, 0.5) is 10.2 Å². The summed E-state index contributed by atoms with van der Waals surface area (Å²) in [5, 5.41) is 4.20. The largest absolute Gasteiger partial charge is 0.457 e. The first-order valence-electron chi connectivity index (χ1n) is 4.96. The SMILES string of the molecule is Cc1cc(COc2ncc(F)c(N)n2)nn1C. The second-order valence-electron chi connectivity index (χ2n) is 3.58. The standard InChI is InChI=1S/C10H12FN5O/c1-6-3-7(15-16(6)2)5-17-10-13-4-8(11)9(12)14-10/h3-4H,5H2,1-2H3,(H2,12,13,14). The normalized spacial score (nSPS) is 10.5. The lowest BCUT2D eigenvalue weighted by Crippen LogP contribution is -2.04. The summed E-state index contributed by atoms with van der Waals surface area (Å²) in [6.07, 6.45) is 0.974. The minimum Gasteiger partial charge on any atom is -0.457 e. The molecule has 2 N–H and O–H groups in total. The minimum absolute atomic E-state index is 0.0345. The van der Waals surface area contributed by atoms with Crippen molar-refractivity contribution in [2.75, 3.05) is 5.73 Å². The molecule has 0 unspecified atom stereocenters. The Morgan fingerprint density at radius 3 is 2.88 bits per heavy atom. The van der Waals surface area contributed by atoms with Gasteiger partial charge < -0.3 is 10.5 Å². The van der Waals surface area contributed by atoms with Crippen molar-refractivity contribution < 1.29 is 9.13 Å². The number of rotatable bonds is 3. The fourth-order valence-corrected chi connectivity index (χ4v) is 1.28. The molecule has 0 spiro atoms. The third-order valence-corrected chi connectivity index (χ3v) is 2.26. The van der Waals surface area contributed by atoms with Gasteiger partial charge in [-0.1, -0.05) is 0 Å². The summed E-state index contributed by atoms with van der Waals surface area (Å²) in [7, 11) is 1.84. The third-order valence-electron chi connectivity index (χ3n) is 2.26. The fourth-order valence-electron chi connectivity index (χ4n) is 1.28. The second kappa shape index (κ2) is 4.36. The number of nitrogen functional groups attached to an aromatic ring is 1. The summed E-state index contributed by atoms with van der Waals surface area (Å²) < 4.78 is 19.8. The van der Waals surface area contributed by atoms with Crippen LogP contribution in [0.3, 0.4) is 0 Å². The molecule has 0 saturated carbocycles. The van der Waals surface area contributed by atoms with Gasteiger partial charge in [-0.05, 0) is 13.0 Å². The van der Waals surface area contributed by atoms with E-state index >= 15 is 0 Å². The Bertz CT molecular complexity index is 520. The number of ether oxygens (including phenoxy) is 1. The van der Waals surface area contributed by atoms with Crippen LogP contribution >= 0.6 is 0 Å². The molecule has 7 heteroatoms. The van der Waals surface area contributed by atoms with Gasteiger partial charge in [0, 0.05) is 12.7 Å². The quantitative estimate of drug-likeness (QED) is 0.854. The van der Waals surface area contributed by atoms with Crippen LogP contribution in [0, 0.1) is 12.7 Å². The maximum absolute atomic E-state index is 12.8. The highest BCUT2D eigenvalue weighted by molar-refractivity contribution is 5.29. The number of hydrogen-bond donors (Lipinski definition) is 1. The molecule has 0 bridgehead atoms. The molecule has 0 aliphatic heterocycles. The highest BCUT2D eigenvalue weighted by Crippen LogP contribution is 2.11. The lowest BCUT2D eigenvalue weighted by atomic mass is 10.4. The highest BCUT2D eigenvalue weighted by Gasteiger charge is 2.06. The van der Waals surface area contributed by atoms with Crippen molar-refractivity contribution in [3.05, 3.63) is 29.5 Å². The third kappa shape index (κ3) is 2.49. The van der Waals surface area contributed by atoms with E-state index in [2.05, 4.69) is 15.1 Å². The van der Waals surface area contributed by atoms with Gasteiger partial charge in [0.1, 0.15) is 12.3 Å². The number of anilines is 1. The second-order valence-corrected chi connectivity index (χ2v) is 3.58. The van der Waals surface area contributed by atoms with E-state index in [0.717, 1.165) is 17.6 Å². The number of nitrogens with two attached hydrogens (primary N) is 1. The van der Waals surface area contributed by atoms with E-state index in [4.69, 9.17) is 10.5 Å². The zero-order valence-electron chi connectivity index (χ0n) is 9.51. The van der Waals surface area contributed by atoms with Gasteiger partial charge in [-0.25, -0.2) is 9.37 Å². The fraction of sp³-hybridized carbons (Fsp3) is 0.300. The van der Waals surface area contributed by atoms with Crippen LogP contribution in [0.25, 0.3) is 0 Å². The average molecular weight is 237 g/mol. The summed E-state index contributed by atoms with van der Waals surface area (Å²) in [5.41, 5.74) is 7.06. The highest BCUT2D eigenvalue weighted by atomic mass is 19.1. The zero-order valence-corrected chi connectivity index (χ0v) is 9.51. The summed E-state index contributed by atoms with van der Waals surface area (Å²) in [6.45, 7) is 2.15. The maximum Gasteiger partial charge on any atom is 0.318 e. The average Bonchev–Trinajstić information content (AvgIpc) is 2.60. The molecule has 17 heavy (non-hydrogen) atoms. The Morgan fingerprint density at radius 2 is 2.29 bits per heavy atom. The molecule has 90 valence electrons. The van der Waals surface area contributed by atoms with E-state index in [1.54, 1.807) is 4.68 Å². The van der Waals surface area contributed by atoms with Crippen molar-refractivity contribution in [3.8, 4) is 6.01 Å². The van der Waals surface area contributed by atoms with Gasteiger partial charge in [0.25, 0.3) is 0 Å². The molecule has 2 rings (SSSR count). The summed E-state index contributed by atoms with van der Waals surface area (Å²) >= 11 is 0. The molecule has 0 atom stereocenters. The van der Waals surface area contributed by atoms with E-state index in [9.17, 15) is 4.39 Å². The summed E-state index contributed by atoms with van der Waals surface area (Å²) in [5.74, 6) is -0.891. The lowest BCUT2D eigenvalue weighted by Gasteiger charge is -2.02. The molecule has 2 heterocycles. The van der Waals surface area contributed by atoms with E-state index in [1.807, 2.05) is 20.0 Å². The van der Waals surface area contributed by atoms with Crippen molar-refractivity contribution in [2.45, 2.75) is 13.5 Å². The van der Waals surface area contributed by atoms with E-state index in [0.29, 0.717) is 0 Å². The molecule has 0 aliphatic rings.